The number of likely N-dealkylation sites (tertiary alicyclic amines) is 1. The summed E-state index contributed by atoms with van der Waals surface area (Å²) in [5, 5.41) is 0. The molecule has 2 heterocycles. The van der Waals surface area contributed by atoms with E-state index in [4.69, 9.17) is 9.47 Å². The lowest BCUT2D eigenvalue weighted by atomic mass is 9.91. The van der Waals surface area contributed by atoms with Gasteiger partial charge >= 0.3 is 6.09 Å². The van der Waals surface area contributed by atoms with Crippen molar-refractivity contribution in [2.45, 2.75) is 51.2 Å². The number of amides is 1. The number of carbonyl (C=O) groups excluding carboxylic acids is 1. The molecule has 0 spiro atoms. The third-order valence-electron chi connectivity index (χ3n) is 4.43. The highest BCUT2D eigenvalue weighted by Gasteiger charge is 2.42. The standard InChI is InChI=1S/C15H28N2O5S/c1-14(2,3)22-13(18)16-9-6-15(21-4,7-10-16)12-17-8-5-11-23(17,19)20/h5-12H2,1-4H3. The van der Waals surface area contributed by atoms with E-state index in [1.54, 1.807) is 12.0 Å². The molecule has 0 atom stereocenters. The molecule has 0 N–H and O–H groups in total. The molecule has 2 aliphatic heterocycles. The zero-order valence-electron chi connectivity index (χ0n) is 14.5. The maximum absolute atomic E-state index is 12.1. The number of rotatable bonds is 3. The number of methoxy groups -OCH3 is 1. The molecule has 0 aliphatic carbocycles. The fraction of sp³-hybridized carbons (Fsp3) is 0.933. The lowest BCUT2D eigenvalue weighted by molar-refractivity contribution is -0.0674. The number of nitrogens with zero attached hydrogens (tertiary/aromatic N) is 2. The molecule has 0 aromatic heterocycles. The molecule has 7 nitrogen and oxygen atoms in total. The second kappa shape index (κ2) is 6.57. The van der Waals surface area contributed by atoms with Crippen molar-refractivity contribution in [1.29, 1.82) is 0 Å². The van der Waals surface area contributed by atoms with Gasteiger partial charge in [0.25, 0.3) is 0 Å². The van der Waals surface area contributed by atoms with Gasteiger partial charge in [-0.15, -0.1) is 0 Å². The van der Waals surface area contributed by atoms with E-state index in [2.05, 4.69) is 0 Å². The summed E-state index contributed by atoms with van der Waals surface area (Å²) in [5.41, 5.74) is -1.04. The van der Waals surface area contributed by atoms with Crippen LogP contribution in [0.5, 0.6) is 0 Å². The summed E-state index contributed by atoms with van der Waals surface area (Å²) in [7, 11) is -1.52. The zero-order valence-corrected chi connectivity index (χ0v) is 15.3. The molecule has 0 aromatic rings. The Hall–Kier alpha value is -0.860. The van der Waals surface area contributed by atoms with Crippen molar-refractivity contribution in [2.75, 3.05) is 39.0 Å². The Morgan fingerprint density at radius 3 is 2.22 bits per heavy atom. The molecule has 134 valence electrons. The number of piperidine rings is 1. The van der Waals surface area contributed by atoms with Gasteiger partial charge < -0.3 is 14.4 Å². The van der Waals surface area contributed by atoms with Gasteiger partial charge in [-0.3, -0.25) is 0 Å². The molecule has 0 unspecified atom stereocenters. The topological polar surface area (TPSA) is 76.2 Å². The van der Waals surface area contributed by atoms with E-state index >= 15 is 0 Å². The Kier molecular flexibility index (Phi) is 5.27. The molecule has 0 radical (unpaired) electrons. The Morgan fingerprint density at radius 1 is 1.17 bits per heavy atom. The monoisotopic (exact) mass is 348 g/mol. The van der Waals surface area contributed by atoms with Crippen LogP contribution < -0.4 is 0 Å². The maximum Gasteiger partial charge on any atom is 0.410 e. The molecular formula is C15H28N2O5S. The smallest absolute Gasteiger partial charge is 0.410 e. The second-order valence-corrected chi connectivity index (χ2v) is 9.45. The van der Waals surface area contributed by atoms with Crippen LogP contribution in [0.2, 0.25) is 0 Å². The van der Waals surface area contributed by atoms with Gasteiger partial charge in [-0.2, -0.15) is 4.31 Å². The average Bonchev–Trinajstić information content (AvgIpc) is 2.76. The first-order chi connectivity index (χ1) is 10.6. The van der Waals surface area contributed by atoms with E-state index < -0.39 is 21.2 Å². The summed E-state index contributed by atoms with van der Waals surface area (Å²) in [4.78, 5) is 13.8. The molecular weight excluding hydrogens is 320 g/mol. The number of carbonyl (C=O) groups is 1. The SMILES string of the molecule is COC1(CN2CCCS2(=O)=O)CCN(C(=O)OC(C)(C)C)CC1. The van der Waals surface area contributed by atoms with Crippen LogP contribution in [0, 0.1) is 0 Å². The molecule has 1 amide bonds. The van der Waals surface area contributed by atoms with Crippen LogP contribution in [-0.4, -0.2) is 74.0 Å². The first kappa shape index (κ1) is 18.5. The lowest BCUT2D eigenvalue weighted by Gasteiger charge is -2.42. The van der Waals surface area contributed by atoms with Gasteiger partial charge in [-0.25, -0.2) is 13.2 Å². The highest BCUT2D eigenvalue weighted by molar-refractivity contribution is 7.89. The lowest BCUT2D eigenvalue weighted by Crippen LogP contribution is -2.54. The van der Waals surface area contributed by atoms with E-state index in [0.29, 0.717) is 45.4 Å². The van der Waals surface area contributed by atoms with Crippen LogP contribution in [0.3, 0.4) is 0 Å². The van der Waals surface area contributed by atoms with Crippen LogP contribution in [0.1, 0.15) is 40.0 Å². The quantitative estimate of drug-likeness (QED) is 0.771. The minimum Gasteiger partial charge on any atom is -0.444 e. The summed E-state index contributed by atoms with van der Waals surface area (Å²) in [6.07, 6.45) is 1.56. The Balaban J connectivity index is 1.96. The third-order valence-corrected chi connectivity index (χ3v) is 6.33. The molecule has 2 aliphatic rings. The maximum atomic E-state index is 12.1. The molecule has 0 aromatic carbocycles. The van der Waals surface area contributed by atoms with E-state index in [1.807, 2.05) is 20.8 Å². The Bertz CT molecular complexity index is 533. The van der Waals surface area contributed by atoms with Crippen LogP contribution in [0.25, 0.3) is 0 Å². The summed E-state index contributed by atoms with van der Waals surface area (Å²) < 4.78 is 36.6. The molecule has 2 fully saturated rings. The fourth-order valence-corrected chi connectivity index (χ4v) is 4.63. The minimum absolute atomic E-state index is 0.219. The average molecular weight is 348 g/mol. The zero-order chi connectivity index (χ0) is 17.3. The van der Waals surface area contributed by atoms with Crippen LogP contribution in [-0.2, 0) is 19.5 Å². The largest absolute Gasteiger partial charge is 0.444 e. The number of ether oxygens (including phenoxy) is 2. The highest BCUT2D eigenvalue weighted by atomic mass is 32.2. The van der Waals surface area contributed by atoms with Crippen molar-refractivity contribution < 1.29 is 22.7 Å². The normalized spacial score (nSPS) is 24.6. The molecule has 2 saturated heterocycles. The summed E-state index contributed by atoms with van der Waals surface area (Å²) in [6.45, 7) is 7.47. The summed E-state index contributed by atoms with van der Waals surface area (Å²) >= 11 is 0. The highest BCUT2D eigenvalue weighted by Crippen LogP contribution is 2.30. The Labute approximate surface area is 139 Å². The van der Waals surface area contributed by atoms with Crippen molar-refractivity contribution in [3.63, 3.8) is 0 Å². The Morgan fingerprint density at radius 2 is 1.78 bits per heavy atom. The van der Waals surface area contributed by atoms with Gasteiger partial charge in [0.05, 0.1) is 11.4 Å². The molecule has 8 heteroatoms. The second-order valence-electron chi connectivity index (χ2n) is 7.36. The van der Waals surface area contributed by atoms with Crippen LogP contribution in [0.15, 0.2) is 0 Å². The van der Waals surface area contributed by atoms with Crippen molar-refractivity contribution in [1.82, 2.24) is 9.21 Å². The molecule has 2 rings (SSSR count). The first-order valence-electron chi connectivity index (χ1n) is 8.08. The van der Waals surface area contributed by atoms with Crippen molar-refractivity contribution >= 4 is 16.1 Å². The van der Waals surface area contributed by atoms with Crippen LogP contribution >= 0.6 is 0 Å². The van der Waals surface area contributed by atoms with Gasteiger partial charge in [0.2, 0.25) is 10.0 Å². The number of hydrogen-bond acceptors (Lipinski definition) is 5. The van der Waals surface area contributed by atoms with E-state index in [1.165, 1.54) is 4.31 Å². The third kappa shape index (κ3) is 4.58. The predicted molar refractivity (Wildman–Crippen MR) is 86.8 cm³/mol. The summed E-state index contributed by atoms with van der Waals surface area (Å²) in [5.74, 6) is 0.219. The van der Waals surface area contributed by atoms with Crippen molar-refractivity contribution in [3.8, 4) is 0 Å². The van der Waals surface area contributed by atoms with E-state index in [0.717, 1.165) is 0 Å². The first-order valence-corrected chi connectivity index (χ1v) is 9.69. The van der Waals surface area contributed by atoms with Crippen molar-refractivity contribution in [2.24, 2.45) is 0 Å². The van der Waals surface area contributed by atoms with E-state index in [9.17, 15) is 13.2 Å². The molecule has 0 bridgehead atoms. The van der Waals surface area contributed by atoms with Gasteiger partial charge in [0.1, 0.15) is 5.60 Å². The predicted octanol–water partition coefficient (Wildman–Crippen LogP) is 1.44. The minimum atomic E-state index is -3.14. The van der Waals surface area contributed by atoms with Gasteiger partial charge in [-0.1, -0.05) is 0 Å². The van der Waals surface area contributed by atoms with Crippen LogP contribution in [0.4, 0.5) is 4.79 Å². The number of sulfonamides is 1. The number of hydrogen-bond donors (Lipinski definition) is 0. The van der Waals surface area contributed by atoms with Gasteiger partial charge in [0, 0.05) is 33.3 Å². The fourth-order valence-electron chi connectivity index (χ4n) is 3.04. The van der Waals surface area contributed by atoms with Gasteiger partial charge in [-0.05, 0) is 40.0 Å². The molecule has 0 saturated carbocycles. The van der Waals surface area contributed by atoms with E-state index in [-0.39, 0.29) is 11.8 Å². The van der Waals surface area contributed by atoms with Gasteiger partial charge in [0.15, 0.2) is 0 Å². The molecule has 23 heavy (non-hydrogen) atoms. The van der Waals surface area contributed by atoms with Crippen molar-refractivity contribution in [3.05, 3.63) is 0 Å². The summed E-state index contributed by atoms with van der Waals surface area (Å²) in [6, 6.07) is 0.